The van der Waals surface area contributed by atoms with Gasteiger partial charge in [-0.05, 0) is 0 Å². The van der Waals surface area contributed by atoms with Crippen LogP contribution in [0.1, 0.15) is 6.42 Å². The van der Waals surface area contributed by atoms with Gasteiger partial charge >= 0.3 is 0 Å². The number of hydrogen-bond acceptors (Lipinski definition) is 3. The molecule has 0 spiro atoms. The van der Waals surface area contributed by atoms with E-state index in [4.69, 9.17) is 4.74 Å². The summed E-state index contributed by atoms with van der Waals surface area (Å²) >= 11 is 0. The lowest BCUT2D eigenvalue weighted by Crippen LogP contribution is -2.19. The maximum absolute atomic E-state index is 10.5. The normalized spacial score (nSPS) is 25.3. The molecule has 0 bridgehead atoms. The van der Waals surface area contributed by atoms with Crippen LogP contribution in [0.15, 0.2) is 12.3 Å². The zero-order chi connectivity index (χ0) is 6.69. The topological polar surface area (TPSA) is 43.4 Å². The highest BCUT2D eigenvalue weighted by molar-refractivity contribution is 5.92. The van der Waals surface area contributed by atoms with Gasteiger partial charge in [-0.15, -0.1) is 0 Å². The van der Waals surface area contributed by atoms with Gasteiger partial charge in [-0.3, -0.25) is 9.59 Å². The molecule has 0 fully saturated rings. The third-order valence-electron chi connectivity index (χ3n) is 1.06. The Kier molecular flexibility index (Phi) is 1.63. The second-order valence-corrected chi connectivity index (χ2v) is 1.78. The Hall–Kier alpha value is -1.12. The quantitative estimate of drug-likeness (QED) is 0.466. The van der Waals surface area contributed by atoms with Crippen LogP contribution in [0.25, 0.3) is 0 Å². The lowest BCUT2D eigenvalue weighted by molar-refractivity contribution is -0.124. The second kappa shape index (κ2) is 2.44. The molecule has 9 heavy (non-hydrogen) atoms. The van der Waals surface area contributed by atoms with Crippen molar-refractivity contribution in [3.05, 3.63) is 12.3 Å². The van der Waals surface area contributed by atoms with Crippen molar-refractivity contribution >= 4 is 12.1 Å². The summed E-state index contributed by atoms with van der Waals surface area (Å²) in [7, 11) is 0. The van der Waals surface area contributed by atoms with Gasteiger partial charge in [0.15, 0.2) is 18.2 Å². The number of carbonyl (C=O) groups is 2. The van der Waals surface area contributed by atoms with Crippen LogP contribution in [-0.4, -0.2) is 18.2 Å². The second-order valence-electron chi connectivity index (χ2n) is 1.78. The average Bonchev–Trinajstić information content (AvgIpc) is 1.88. The summed E-state index contributed by atoms with van der Waals surface area (Å²) in [5.74, 6) is -0.0571. The molecule has 0 amide bonds. The number of aldehydes is 1. The fraction of sp³-hybridized carbons (Fsp3) is 0.333. The molecule has 3 nitrogen and oxygen atoms in total. The minimum Gasteiger partial charge on any atom is -0.490 e. The SMILES string of the molecule is O=C[C@H]1CC(=O)C=CO1. The largest absolute Gasteiger partial charge is 0.490 e. The summed E-state index contributed by atoms with van der Waals surface area (Å²) in [5.41, 5.74) is 0. The van der Waals surface area contributed by atoms with E-state index in [1.807, 2.05) is 0 Å². The Bertz CT molecular complexity index is 160. The van der Waals surface area contributed by atoms with Crippen molar-refractivity contribution in [1.29, 1.82) is 0 Å². The Morgan fingerprint density at radius 1 is 1.78 bits per heavy atom. The van der Waals surface area contributed by atoms with Gasteiger partial charge < -0.3 is 4.74 Å². The summed E-state index contributed by atoms with van der Waals surface area (Å²) in [6.07, 6.45) is 2.83. The van der Waals surface area contributed by atoms with Crippen molar-refractivity contribution in [3.63, 3.8) is 0 Å². The lowest BCUT2D eigenvalue weighted by atomic mass is 10.2. The number of hydrogen-bond donors (Lipinski definition) is 0. The van der Waals surface area contributed by atoms with E-state index in [9.17, 15) is 9.59 Å². The third-order valence-corrected chi connectivity index (χ3v) is 1.06. The standard InChI is InChI=1S/C6H6O3/c7-4-6-3-5(8)1-2-9-6/h1-2,4,6H,3H2/t6-/m1/s1. The van der Waals surface area contributed by atoms with Gasteiger partial charge in [-0.1, -0.05) is 0 Å². The first kappa shape index (κ1) is 6.01. The molecule has 0 aromatic rings. The van der Waals surface area contributed by atoms with Gasteiger partial charge in [0.1, 0.15) is 0 Å². The smallest absolute Gasteiger partial charge is 0.162 e. The number of carbonyl (C=O) groups excluding carboxylic acids is 2. The first-order chi connectivity index (χ1) is 4.33. The van der Waals surface area contributed by atoms with E-state index in [1.165, 1.54) is 12.3 Å². The minimum absolute atomic E-state index is 0.0571. The van der Waals surface area contributed by atoms with Crippen LogP contribution in [-0.2, 0) is 14.3 Å². The molecule has 0 aliphatic carbocycles. The summed E-state index contributed by atoms with van der Waals surface area (Å²) in [4.78, 5) is 20.5. The summed E-state index contributed by atoms with van der Waals surface area (Å²) in [6, 6.07) is 0. The molecule has 3 heteroatoms. The van der Waals surface area contributed by atoms with Crippen molar-refractivity contribution in [1.82, 2.24) is 0 Å². The highest BCUT2D eigenvalue weighted by Gasteiger charge is 2.14. The molecule has 0 N–H and O–H groups in total. The predicted molar refractivity (Wildman–Crippen MR) is 29.7 cm³/mol. The van der Waals surface area contributed by atoms with Crippen LogP contribution in [0.3, 0.4) is 0 Å². The molecular weight excluding hydrogens is 120 g/mol. The molecular formula is C6H6O3. The minimum atomic E-state index is -0.553. The average molecular weight is 126 g/mol. The summed E-state index contributed by atoms with van der Waals surface area (Å²) in [6.45, 7) is 0. The van der Waals surface area contributed by atoms with E-state index in [2.05, 4.69) is 0 Å². The van der Waals surface area contributed by atoms with E-state index in [0.717, 1.165) is 0 Å². The van der Waals surface area contributed by atoms with Gasteiger partial charge in [0.2, 0.25) is 0 Å². The van der Waals surface area contributed by atoms with E-state index >= 15 is 0 Å². The van der Waals surface area contributed by atoms with Crippen molar-refractivity contribution in [2.75, 3.05) is 0 Å². The predicted octanol–water partition coefficient (Wildman–Crippen LogP) is 0.0570. The molecule has 1 aliphatic heterocycles. The molecule has 0 saturated heterocycles. The molecule has 0 radical (unpaired) electrons. The first-order valence-electron chi connectivity index (χ1n) is 2.63. The Balaban J connectivity index is 2.56. The van der Waals surface area contributed by atoms with Crippen LogP contribution in [0.5, 0.6) is 0 Å². The third kappa shape index (κ3) is 1.38. The Morgan fingerprint density at radius 3 is 3.00 bits per heavy atom. The number of ketones is 1. The number of ether oxygens (including phenoxy) is 1. The lowest BCUT2D eigenvalue weighted by Gasteiger charge is -2.10. The van der Waals surface area contributed by atoms with E-state index in [-0.39, 0.29) is 12.2 Å². The molecule has 0 saturated carbocycles. The maximum atomic E-state index is 10.5. The number of rotatable bonds is 1. The Labute approximate surface area is 52.3 Å². The zero-order valence-electron chi connectivity index (χ0n) is 4.74. The maximum Gasteiger partial charge on any atom is 0.162 e. The van der Waals surface area contributed by atoms with Crippen LogP contribution >= 0.6 is 0 Å². The molecule has 0 aromatic carbocycles. The van der Waals surface area contributed by atoms with Crippen LogP contribution in [0.4, 0.5) is 0 Å². The van der Waals surface area contributed by atoms with Gasteiger partial charge in [0.25, 0.3) is 0 Å². The van der Waals surface area contributed by atoms with Gasteiger partial charge in [-0.2, -0.15) is 0 Å². The molecule has 0 unspecified atom stereocenters. The summed E-state index contributed by atoms with van der Waals surface area (Å²) < 4.78 is 4.73. The zero-order valence-corrected chi connectivity index (χ0v) is 4.74. The summed E-state index contributed by atoms with van der Waals surface area (Å²) in [5, 5.41) is 0. The van der Waals surface area contributed by atoms with Crippen molar-refractivity contribution in [2.45, 2.75) is 12.5 Å². The van der Waals surface area contributed by atoms with Crippen LogP contribution < -0.4 is 0 Å². The molecule has 1 aliphatic rings. The monoisotopic (exact) mass is 126 g/mol. The van der Waals surface area contributed by atoms with E-state index in [1.54, 1.807) is 0 Å². The number of allylic oxidation sites excluding steroid dienone is 1. The van der Waals surface area contributed by atoms with Crippen LogP contribution in [0, 0.1) is 0 Å². The van der Waals surface area contributed by atoms with Crippen molar-refractivity contribution in [2.24, 2.45) is 0 Å². The fourth-order valence-electron chi connectivity index (χ4n) is 0.611. The molecule has 1 heterocycles. The van der Waals surface area contributed by atoms with E-state index in [0.29, 0.717) is 6.29 Å². The van der Waals surface area contributed by atoms with Gasteiger partial charge in [-0.25, -0.2) is 0 Å². The molecule has 1 rings (SSSR count). The molecule has 0 aromatic heterocycles. The van der Waals surface area contributed by atoms with Crippen molar-refractivity contribution < 1.29 is 14.3 Å². The van der Waals surface area contributed by atoms with Gasteiger partial charge in [0, 0.05) is 6.08 Å². The van der Waals surface area contributed by atoms with Gasteiger partial charge in [0.05, 0.1) is 12.7 Å². The van der Waals surface area contributed by atoms with E-state index < -0.39 is 6.10 Å². The Morgan fingerprint density at radius 2 is 2.56 bits per heavy atom. The fourth-order valence-corrected chi connectivity index (χ4v) is 0.611. The highest BCUT2D eigenvalue weighted by atomic mass is 16.5. The van der Waals surface area contributed by atoms with Crippen LogP contribution in [0.2, 0.25) is 0 Å². The first-order valence-corrected chi connectivity index (χ1v) is 2.63. The molecule has 48 valence electrons. The molecule has 1 atom stereocenters. The van der Waals surface area contributed by atoms with Crippen molar-refractivity contribution in [3.8, 4) is 0 Å². The highest BCUT2D eigenvalue weighted by Crippen LogP contribution is 2.03.